The summed E-state index contributed by atoms with van der Waals surface area (Å²) in [7, 11) is 0. The standard InChI is InChI=1S/C19H27NO.C5H8N2O2/c1-18-9-7-13(20)11-12(18)3-4-14-15-5-6-17(21)19(15,2)10-8-16(14)18;1-4-6-5(2-3-8)9-7-4/h11,14-16,20H,3-10H2,1-2H3;8H,2-3H2,1H3/t14?,15?,16?,18-,19-;/m0./s1. The van der Waals surface area contributed by atoms with Crippen LogP contribution in [0.5, 0.6) is 0 Å². The number of carbonyl (C=O) groups is 1. The highest BCUT2D eigenvalue weighted by molar-refractivity contribution is 5.94. The molecule has 4 aliphatic carbocycles. The van der Waals surface area contributed by atoms with E-state index < -0.39 is 0 Å². The molecule has 5 atom stereocenters. The summed E-state index contributed by atoms with van der Waals surface area (Å²) >= 11 is 0. The van der Waals surface area contributed by atoms with Crippen LogP contribution >= 0.6 is 0 Å². The lowest BCUT2D eigenvalue weighted by Crippen LogP contribution is -2.50. The third-order valence-corrected chi connectivity index (χ3v) is 8.60. The molecule has 4 aliphatic rings. The molecule has 0 saturated heterocycles. The Balaban J connectivity index is 0.000000204. The predicted octanol–water partition coefficient (Wildman–Crippen LogP) is 4.45. The Morgan fingerprint density at radius 1 is 1.13 bits per heavy atom. The minimum Gasteiger partial charge on any atom is -0.396 e. The number of ketones is 1. The number of Topliss-reactive ketones (excluding diaryl/α,β-unsaturated/α-hetero) is 1. The first-order chi connectivity index (χ1) is 14.3. The van der Waals surface area contributed by atoms with Crippen molar-refractivity contribution in [2.45, 2.75) is 78.6 Å². The quantitative estimate of drug-likeness (QED) is 0.746. The third-order valence-electron chi connectivity index (χ3n) is 8.60. The fourth-order valence-corrected chi connectivity index (χ4v) is 6.90. The minimum atomic E-state index is 0.000118. The lowest BCUT2D eigenvalue weighted by atomic mass is 9.47. The fourth-order valence-electron chi connectivity index (χ4n) is 6.90. The summed E-state index contributed by atoms with van der Waals surface area (Å²) in [6.07, 6.45) is 11.5. The topological polar surface area (TPSA) is 100 Å². The number of aryl methyl sites for hydroxylation is 1. The molecule has 3 fully saturated rings. The number of aromatic nitrogens is 2. The van der Waals surface area contributed by atoms with E-state index in [0.29, 0.717) is 35.3 Å². The van der Waals surface area contributed by atoms with Crippen LogP contribution in [-0.4, -0.2) is 33.3 Å². The number of aliphatic hydroxyl groups excluding tert-OH is 1. The summed E-state index contributed by atoms with van der Waals surface area (Å²) in [6.45, 7) is 6.51. The van der Waals surface area contributed by atoms with Crippen LogP contribution in [0.2, 0.25) is 0 Å². The second-order valence-electron chi connectivity index (χ2n) is 10.2. The van der Waals surface area contributed by atoms with E-state index in [1.54, 1.807) is 12.5 Å². The summed E-state index contributed by atoms with van der Waals surface area (Å²) in [5.41, 5.74) is 2.70. The molecule has 30 heavy (non-hydrogen) atoms. The molecule has 3 unspecified atom stereocenters. The molecule has 3 saturated carbocycles. The molecule has 0 radical (unpaired) electrons. The van der Waals surface area contributed by atoms with E-state index >= 15 is 0 Å². The van der Waals surface area contributed by atoms with Crippen LogP contribution in [0, 0.1) is 40.9 Å². The van der Waals surface area contributed by atoms with Crippen LogP contribution in [0.1, 0.15) is 76.9 Å². The predicted molar refractivity (Wildman–Crippen MR) is 114 cm³/mol. The summed E-state index contributed by atoms with van der Waals surface area (Å²) < 4.78 is 4.68. The number of allylic oxidation sites excluding steroid dienone is 2. The highest BCUT2D eigenvalue weighted by Crippen LogP contribution is 2.64. The van der Waals surface area contributed by atoms with Crippen LogP contribution < -0.4 is 0 Å². The van der Waals surface area contributed by atoms with Gasteiger partial charge in [-0.3, -0.25) is 4.79 Å². The second kappa shape index (κ2) is 8.03. The van der Waals surface area contributed by atoms with Crippen molar-refractivity contribution in [3.05, 3.63) is 23.4 Å². The first kappa shape index (κ1) is 21.4. The van der Waals surface area contributed by atoms with Crippen molar-refractivity contribution in [1.29, 1.82) is 5.41 Å². The van der Waals surface area contributed by atoms with E-state index in [4.69, 9.17) is 10.5 Å². The molecule has 1 heterocycles. The van der Waals surface area contributed by atoms with Crippen LogP contribution in [0.3, 0.4) is 0 Å². The van der Waals surface area contributed by atoms with Crippen LogP contribution in [0.15, 0.2) is 16.2 Å². The van der Waals surface area contributed by atoms with Crippen LogP contribution in [0.25, 0.3) is 0 Å². The summed E-state index contributed by atoms with van der Waals surface area (Å²) in [6, 6.07) is 0. The van der Waals surface area contributed by atoms with E-state index in [1.807, 2.05) is 0 Å². The Kier molecular flexibility index (Phi) is 5.73. The molecule has 5 rings (SSSR count). The van der Waals surface area contributed by atoms with Crippen molar-refractivity contribution in [3.63, 3.8) is 0 Å². The Morgan fingerprint density at radius 3 is 2.60 bits per heavy atom. The van der Waals surface area contributed by atoms with Crippen molar-refractivity contribution < 1.29 is 14.4 Å². The third kappa shape index (κ3) is 3.57. The largest absolute Gasteiger partial charge is 0.396 e. The van der Waals surface area contributed by atoms with Crippen LogP contribution in [-0.2, 0) is 11.2 Å². The van der Waals surface area contributed by atoms with Gasteiger partial charge in [0, 0.05) is 17.5 Å². The van der Waals surface area contributed by atoms with E-state index in [0.717, 1.165) is 49.7 Å². The summed E-state index contributed by atoms with van der Waals surface area (Å²) in [5.74, 6) is 3.80. The fraction of sp³-hybridized carbons (Fsp3) is 0.750. The number of rotatable bonds is 2. The van der Waals surface area contributed by atoms with Gasteiger partial charge in [0.15, 0.2) is 5.82 Å². The zero-order valence-corrected chi connectivity index (χ0v) is 18.5. The molecule has 6 nitrogen and oxygen atoms in total. The highest BCUT2D eigenvalue weighted by atomic mass is 16.5. The lowest BCUT2D eigenvalue weighted by Gasteiger charge is -2.57. The normalized spacial score (nSPS) is 37.5. The van der Waals surface area contributed by atoms with Gasteiger partial charge in [-0.25, -0.2) is 0 Å². The van der Waals surface area contributed by atoms with E-state index in [2.05, 4.69) is 34.6 Å². The van der Waals surface area contributed by atoms with Gasteiger partial charge in [0.05, 0.1) is 13.0 Å². The van der Waals surface area contributed by atoms with E-state index in [9.17, 15) is 4.79 Å². The molecule has 2 N–H and O–H groups in total. The van der Waals surface area contributed by atoms with Gasteiger partial charge in [-0.1, -0.05) is 24.6 Å². The number of fused-ring (bicyclic) bond motifs is 5. The number of hydrogen-bond acceptors (Lipinski definition) is 6. The molecule has 0 aromatic carbocycles. The van der Waals surface area contributed by atoms with Gasteiger partial charge in [-0.2, -0.15) is 4.98 Å². The summed E-state index contributed by atoms with van der Waals surface area (Å²) in [5, 5.41) is 19.9. The average Bonchev–Trinajstić information content (AvgIpc) is 3.26. The molecule has 0 bridgehead atoms. The Morgan fingerprint density at radius 2 is 1.90 bits per heavy atom. The molecule has 6 heteroatoms. The van der Waals surface area contributed by atoms with Gasteiger partial charge < -0.3 is 15.0 Å². The van der Waals surface area contributed by atoms with Crippen LogP contribution in [0.4, 0.5) is 0 Å². The zero-order chi connectivity index (χ0) is 21.5. The molecule has 1 aromatic rings. The van der Waals surface area contributed by atoms with Gasteiger partial charge in [-0.15, -0.1) is 0 Å². The molecule has 0 aliphatic heterocycles. The molecule has 0 amide bonds. The zero-order valence-electron chi connectivity index (χ0n) is 18.5. The molecular weight excluding hydrogens is 378 g/mol. The van der Waals surface area contributed by atoms with Gasteiger partial charge >= 0.3 is 0 Å². The Bertz CT molecular complexity index is 860. The Hall–Kier alpha value is -1.82. The van der Waals surface area contributed by atoms with Gasteiger partial charge in [-0.05, 0) is 81.1 Å². The second-order valence-corrected chi connectivity index (χ2v) is 10.2. The number of carbonyl (C=O) groups excluding carboxylic acids is 1. The lowest BCUT2D eigenvalue weighted by molar-refractivity contribution is -0.132. The van der Waals surface area contributed by atoms with Crippen molar-refractivity contribution in [1.82, 2.24) is 10.1 Å². The number of nitrogens with zero attached hydrogens (tertiary/aromatic N) is 2. The molecule has 0 spiro atoms. The maximum Gasteiger partial charge on any atom is 0.228 e. The number of aliphatic hydroxyl groups is 1. The van der Waals surface area contributed by atoms with Crippen molar-refractivity contribution in [2.24, 2.45) is 28.6 Å². The van der Waals surface area contributed by atoms with Gasteiger partial charge in [0.2, 0.25) is 5.89 Å². The van der Waals surface area contributed by atoms with E-state index in [-0.39, 0.29) is 12.0 Å². The average molecular weight is 414 g/mol. The monoisotopic (exact) mass is 413 g/mol. The molecular formula is C24H35N3O3. The minimum absolute atomic E-state index is 0.000118. The molecule has 1 aromatic heterocycles. The SMILES string of the molecule is C[C@]12CCC(=N)C=C1CCC1C2CC[C@]2(C)C(=O)CCC12.Cc1noc(CCO)n1. The van der Waals surface area contributed by atoms with Crippen molar-refractivity contribution >= 4 is 11.5 Å². The maximum absolute atomic E-state index is 12.4. The summed E-state index contributed by atoms with van der Waals surface area (Å²) in [4.78, 5) is 16.2. The molecule has 164 valence electrons. The first-order valence-electron chi connectivity index (χ1n) is 11.5. The van der Waals surface area contributed by atoms with Crippen molar-refractivity contribution in [3.8, 4) is 0 Å². The van der Waals surface area contributed by atoms with Gasteiger partial charge in [0.25, 0.3) is 0 Å². The smallest absolute Gasteiger partial charge is 0.228 e. The number of nitrogens with one attached hydrogen (secondary N) is 1. The van der Waals surface area contributed by atoms with Crippen molar-refractivity contribution in [2.75, 3.05) is 6.61 Å². The maximum atomic E-state index is 12.4. The van der Waals surface area contributed by atoms with Gasteiger partial charge in [0.1, 0.15) is 5.78 Å². The first-order valence-corrected chi connectivity index (χ1v) is 11.5. The van der Waals surface area contributed by atoms with E-state index in [1.165, 1.54) is 19.3 Å². The number of hydrogen-bond donors (Lipinski definition) is 2. The highest BCUT2D eigenvalue weighted by Gasteiger charge is 2.58. The Labute approximate surface area is 179 Å².